The van der Waals surface area contributed by atoms with Gasteiger partial charge in [-0.1, -0.05) is 17.1 Å². The number of amidine groups is 2. The van der Waals surface area contributed by atoms with Crippen LogP contribution in [-0.2, 0) is 4.79 Å². The Morgan fingerprint density at radius 2 is 2.00 bits per heavy atom. The van der Waals surface area contributed by atoms with Gasteiger partial charge in [-0.2, -0.15) is 0 Å². The molecule has 0 saturated carbocycles. The van der Waals surface area contributed by atoms with Crippen LogP contribution in [0.2, 0.25) is 0 Å². The van der Waals surface area contributed by atoms with Crippen LogP contribution >= 0.6 is 0 Å². The van der Waals surface area contributed by atoms with Crippen LogP contribution in [0.1, 0.15) is 13.3 Å². The van der Waals surface area contributed by atoms with Crippen LogP contribution in [0, 0.1) is 0 Å². The molecule has 2 aliphatic heterocycles. The monoisotopic (exact) mass is 268 g/mol. The molecule has 0 amide bonds. The van der Waals surface area contributed by atoms with Crippen LogP contribution in [-0.4, -0.2) is 35.8 Å². The maximum atomic E-state index is 10.3. The Kier molecular flexibility index (Phi) is 4.41. The molecule has 0 saturated heterocycles. The molecular formula is C9H16N8O2. The highest BCUT2D eigenvalue weighted by atomic mass is 16.4. The van der Waals surface area contributed by atoms with Crippen molar-refractivity contribution in [2.75, 3.05) is 13.1 Å². The first kappa shape index (κ1) is 13.4. The van der Waals surface area contributed by atoms with Crippen molar-refractivity contribution in [2.24, 2.45) is 10.2 Å². The number of hydrogen-bond donors (Lipinski definition) is 5. The average Bonchev–Trinajstić information content (AvgIpc) is 2.99. The van der Waals surface area contributed by atoms with Gasteiger partial charge in [0.05, 0.1) is 0 Å². The topological polar surface area (TPSA) is 123 Å². The van der Waals surface area contributed by atoms with Crippen molar-refractivity contribution < 1.29 is 20.1 Å². The lowest BCUT2D eigenvalue weighted by Crippen LogP contribution is -3.04. The zero-order valence-corrected chi connectivity index (χ0v) is 10.4. The number of hydrogen-bond acceptors (Lipinski definition) is 5. The molecule has 2 rings (SSSR count). The van der Waals surface area contributed by atoms with E-state index in [0.717, 1.165) is 18.3 Å². The molecule has 2 aliphatic rings. The van der Waals surface area contributed by atoms with Crippen LogP contribution in [0.5, 0.6) is 0 Å². The number of nitrogens with one attached hydrogen (secondary N) is 4. The number of quaternary nitrogens is 2. The molecule has 2 atom stereocenters. The Morgan fingerprint density at radius 1 is 1.32 bits per heavy atom. The number of nitrogens with zero attached hydrogens (tertiary/aromatic N) is 4. The zero-order chi connectivity index (χ0) is 13.7. The Hall–Kier alpha value is -2.01. The third-order valence-corrected chi connectivity index (χ3v) is 2.38. The van der Waals surface area contributed by atoms with Gasteiger partial charge in [-0.05, 0) is 6.08 Å². The molecule has 0 radical (unpaired) electrons. The largest absolute Gasteiger partial charge is 0.478 e. The lowest BCUT2D eigenvalue weighted by Gasteiger charge is -2.18. The highest BCUT2D eigenvalue weighted by Crippen LogP contribution is 1.86. The standard InChI is InChI=1S/C9H16N8O2/c1-2-7-10-15-17(12-7)6-8-11-14-16(13-8)5-3-4-9(18)19/h3-4,16-17H,2,5-6H2,1H3,(H,10,12)(H,11,13)(H,18,19)/b4-3+. The van der Waals surface area contributed by atoms with E-state index < -0.39 is 5.97 Å². The van der Waals surface area contributed by atoms with Gasteiger partial charge in [-0.25, -0.2) is 4.79 Å². The molecule has 5 N–H and O–H groups in total. The second-order valence-electron chi connectivity index (χ2n) is 3.87. The van der Waals surface area contributed by atoms with Crippen LogP contribution in [0.25, 0.3) is 11.1 Å². The Labute approximate surface area is 109 Å². The highest BCUT2D eigenvalue weighted by Gasteiger charge is 2.15. The Bertz CT molecular complexity index is 432. The molecule has 0 aromatic heterocycles. The van der Waals surface area contributed by atoms with Gasteiger partial charge in [-0.15, -0.1) is 0 Å². The van der Waals surface area contributed by atoms with E-state index in [2.05, 4.69) is 32.1 Å². The van der Waals surface area contributed by atoms with Crippen molar-refractivity contribution in [1.29, 1.82) is 0 Å². The Morgan fingerprint density at radius 3 is 2.68 bits per heavy atom. The van der Waals surface area contributed by atoms with Gasteiger partial charge in [0, 0.05) is 12.5 Å². The molecular weight excluding hydrogens is 252 g/mol. The normalized spacial score (nSPS) is 25.9. The number of rotatable bonds is 6. The van der Waals surface area contributed by atoms with E-state index in [1.807, 2.05) is 6.92 Å². The van der Waals surface area contributed by atoms with E-state index in [1.54, 1.807) is 0 Å². The van der Waals surface area contributed by atoms with Crippen molar-refractivity contribution in [3.8, 4) is 0 Å². The molecule has 19 heavy (non-hydrogen) atoms. The summed E-state index contributed by atoms with van der Waals surface area (Å²) < 4.78 is 0. The first-order valence-electron chi connectivity index (χ1n) is 5.87. The Balaban J connectivity index is 1.79. The van der Waals surface area contributed by atoms with Crippen LogP contribution < -0.4 is 21.1 Å². The summed E-state index contributed by atoms with van der Waals surface area (Å²) in [7, 11) is 0. The third-order valence-electron chi connectivity index (χ3n) is 2.38. The summed E-state index contributed by atoms with van der Waals surface area (Å²) in [5.74, 6) is 0.503. The second kappa shape index (κ2) is 6.24. The van der Waals surface area contributed by atoms with E-state index in [9.17, 15) is 4.79 Å². The molecule has 2 heterocycles. The first-order valence-corrected chi connectivity index (χ1v) is 5.87. The van der Waals surface area contributed by atoms with E-state index in [4.69, 9.17) is 5.11 Å². The van der Waals surface area contributed by atoms with Gasteiger partial charge in [0.15, 0.2) is 6.54 Å². The van der Waals surface area contributed by atoms with Gasteiger partial charge in [-0.3, -0.25) is 10.2 Å². The van der Waals surface area contributed by atoms with Crippen molar-refractivity contribution in [2.45, 2.75) is 13.3 Å². The molecule has 0 spiro atoms. The summed E-state index contributed by atoms with van der Waals surface area (Å²) in [6, 6.07) is 0. The lowest BCUT2D eigenvalue weighted by molar-refractivity contribution is -0.864. The molecule has 10 heteroatoms. The maximum absolute atomic E-state index is 10.3. The molecule has 2 unspecified atom stereocenters. The summed E-state index contributed by atoms with van der Waals surface area (Å²) in [5.41, 5.74) is 13.7. The minimum absolute atomic E-state index is 0.372. The van der Waals surface area contributed by atoms with Crippen molar-refractivity contribution in [1.82, 2.24) is 10.9 Å². The summed E-state index contributed by atoms with van der Waals surface area (Å²) in [5, 5.41) is 18.2. The van der Waals surface area contributed by atoms with Crippen LogP contribution in [0.4, 0.5) is 0 Å². The highest BCUT2D eigenvalue weighted by molar-refractivity contribution is 5.85. The number of carboxylic acid groups (broad SMARTS) is 1. The fourth-order valence-corrected chi connectivity index (χ4v) is 1.49. The zero-order valence-electron chi connectivity index (χ0n) is 10.4. The maximum Gasteiger partial charge on any atom is 0.328 e. The lowest BCUT2D eigenvalue weighted by atomic mass is 10.5. The molecule has 0 aliphatic carbocycles. The fraction of sp³-hybridized carbons (Fsp3) is 0.444. The van der Waals surface area contributed by atoms with Gasteiger partial charge in [0.25, 0.3) is 0 Å². The predicted octanol–water partition coefficient (Wildman–Crippen LogP) is -2.95. The van der Waals surface area contributed by atoms with Crippen molar-refractivity contribution in [3.05, 3.63) is 23.2 Å². The van der Waals surface area contributed by atoms with Crippen LogP contribution in [0.15, 0.2) is 22.4 Å². The van der Waals surface area contributed by atoms with E-state index in [1.165, 1.54) is 6.08 Å². The fourth-order valence-electron chi connectivity index (χ4n) is 1.49. The summed E-state index contributed by atoms with van der Waals surface area (Å²) in [6.07, 6.45) is 3.37. The quantitative estimate of drug-likeness (QED) is 0.330. The second-order valence-corrected chi connectivity index (χ2v) is 3.87. The first-order chi connectivity index (χ1) is 9.17. The molecule has 10 nitrogen and oxygen atoms in total. The number of carboxylic acids is 1. The molecule has 0 fully saturated rings. The molecule has 104 valence electrons. The van der Waals surface area contributed by atoms with Gasteiger partial charge in [0.2, 0.25) is 5.84 Å². The molecule has 0 aromatic carbocycles. The van der Waals surface area contributed by atoms with E-state index >= 15 is 0 Å². The summed E-state index contributed by atoms with van der Waals surface area (Å²) >= 11 is 0. The average molecular weight is 268 g/mol. The summed E-state index contributed by atoms with van der Waals surface area (Å²) in [6.45, 7) is 2.83. The van der Waals surface area contributed by atoms with Gasteiger partial charge >= 0.3 is 5.97 Å². The smallest absolute Gasteiger partial charge is 0.328 e. The minimum Gasteiger partial charge on any atom is -0.478 e. The summed E-state index contributed by atoms with van der Waals surface area (Å²) in [4.78, 5) is 10.3. The van der Waals surface area contributed by atoms with Crippen LogP contribution in [0.3, 0.4) is 0 Å². The molecule has 0 aromatic rings. The SMILES string of the molecule is CCC1=N[NH+](CC2=N[NH+](C/C=C/C(=O)O)[N-]N2)[N-]N1. The molecule has 0 bridgehead atoms. The number of aliphatic carboxylic acids is 1. The van der Waals surface area contributed by atoms with Gasteiger partial charge < -0.3 is 27.0 Å². The van der Waals surface area contributed by atoms with Gasteiger partial charge in [0.1, 0.15) is 12.4 Å². The van der Waals surface area contributed by atoms with Crippen molar-refractivity contribution in [3.63, 3.8) is 0 Å². The predicted molar refractivity (Wildman–Crippen MR) is 66.6 cm³/mol. The third kappa shape index (κ3) is 3.99. The number of carbonyl (C=O) groups is 1. The van der Waals surface area contributed by atoms with E-state index in [0.29, 0.717) is 29.2 Å². The van der Waals surface area contributed by atoms with E-state index in [-0.39, 0.29) is 0 Å². The minimum atomic E-state index is -0.983. The van der Waals surface area contributed by atoms with Crippen molar-refractivity contribution >= 4 is 17.6 Å².